The second kappa shape index (κ2) is 26.7. The molecule has 0 N–H and O–H groups in total. The summed E-state index contributed by atoms with van der Waals surface area (Å²) in [7, 11) is 0. The highest BCUT2D eigenvalue weighted by Gasteiger charge is 2.46. The first-order valence-electron chi connectivity index (χ1n) is 47.2. The topological polar surface area (TPSA) is 29.5 Å². The van der Waals surface area contributed by atoms with E-state index in [1.807, 2.05) is 133 Å². The molecule has 0 saturated heterocycles. The lowest BCUT2D eigenvalue weighted by atomic mass is 9.33. The van der Waals surface area contributed by atoms with Crippen molar-refractivity contribution in [1.82, 2.24) is 9.13 Å². The summed E-state index contributed by atoms with van der Waals surface area (Å²) in [5.74, 6) is 0. The number of hydrogen-bond acceptors (Lipinski definition) is 3. The molecule has 0 spiro atoms. The first-order chi connectivity index (χ1) is 63.4. The van der Waals surface area contributed by atoms with Crippen molar-refractivity contribution < 1.29 is 26.3 Å². The van der Waals surface area contributed by atoms with Gasteiger partial charge in [0.05, 0.1) is 55.4 Å². The van der Waals surface area contributed by atoms with Crippen LogP contribution in [0, 0.1) is 0 Å². The highest BCUT2D eigenvalue weighted by Crippen LogP contribution is 2.56. The van der Waals surface area contributed by atoms with Gasteiger partial charge in [-0.2, -0.15) is 0 Å². The van der Waals surface area contributed by atoms with Gasteiger partial charge in [0.15, 0.2) is 0 Å². The second-order valence-electron chi connectivity index (χ2n) is 32.4. The fourth-order valence-corrected chi connectivity index (χ4v) is 17.8. The number of para-hydroxylation sites is 5. The van der Waals surface area contributed by atoms with Crippen molar-refractivity contribution in [2.75, 3.05) is 9.80 Å². The predicted molar refractivity (Wildman–Crippen MR) is 492 cm³/mol. The molecule has 5 heterocycles. The summed E-state index contributed by atoms with van der Waals surface area (Å²) in [5.41, 5.74) is 21.2. The summed E-state index contributed by atoms with van der Waals surface area (Å²) < 4.78 is 164. The number of anilines is 6. The second-order valence-corrected chi connectivity index (χ2v) is 32.4. The third kappa shape index (κ3) is 11.1. The number of hydrogen-bond donors (Lipinski definition) is 0. The van der Waals surface area contributed by atoms with E-state index in [-0.39, 0.29) is 55.0 Å². The van der Waals surface area contributed by atoms with Crippen molar-refractivity contribution in [2.45, 2.75) is 52.4 Å². The van der Waals surface area contributed by atoms with Crippen LogP contribution in [0.2, 0.25) is 0 Å². The van der Waals surface area contributed by atoms with E-state index < -0.39 is 114 Å². The first kappa shape index (κ1) is 53.7. The first-order valence-corrected chi connectivity index (χ1v) is 39.2. The lowest BCUT2D eigenvalue weighted by molar-refractivity contribution is 0.590. The molecule has 17 aromatic carbocycles. The van der Waals surface area contributed by atoms with E-state index in [1.165, 1.54) is 0 Å². The van der Waals surface area contributed by atoms with Crippen LogP contribution in [0.4, 0.5) is 34.1 Å². The summed E-state index contributed by atoms with van der Waals surface area (Å²) in [6, 6.07) is 89.6. The van der Waals surface area contributed by atoms with Crippen molar-refractivity contribution in [3.8, 4) is 89.3 Å². The molecule has 22 rings (SSSR count). The van der Waals surface area contributed by atoms with Crippen LogP contribution in [0.3, 0.4) is 0 Å². The molecule has 0 aliphatic carbocycles. The van der Waals surface area contributed by atoms with Gasteiger partial charge in [0.2, 0.25) is 0 Å². The molecule has 0 bridgehead atoms. The highest BCUT2D eigenvalue weighted by atomic mass is 16.3. The van der Waals surface area contributed by atoms with Crippen molar-refractivity contribution in [2.24, 2.45) is 0 Å². The predicted octanol–water partition coefficient (Wildman–Crippen LogP) is 28.1. The van der Waals surface area contributed by atoms with E-state index in [9.17, 15) is 21.9 Å². The van der Waals surface area contributed by atoms with Crippen LogP contribution in [0.5, 0.6) is 0 Å². The minimum atomic E-state index is -0.851. The molecule has 2 aliphatic heterocycles. The molecular weight excluding hydrogens is 1400 g/mol. The zero-order chi connectivity index (χ0) is 91.6. The van der Waals surface area contributed by atoms with Crippen molar-refractivity contribution >= 4 is 123 Å². The monoisotopic (exact) mass is 1500 g/mol. The number of aromatic nitrogens is 2. The largest absolute Gasteiger partial charge is 0.456 e. The molecule has 550 valence electrons. The van der Waals surface area contributed by atoms with Gasteiger partial charge in [-0.1, -0.05) is 320 Å². The number of rotatable bonds is 11. The number of fused-ring (bicyclic) bond motifs is 13. The van der Waals surface area contributed by atoms with Crippen molar-refractivity contribution in [1.29, 1.82) is 0 Å². The average molecular weight is 1500 g/mol. The van der Waals surface area contributed by atoms with Gasteiger partial charge in [0.25, 0.3) is 6.71 Å². The zero-order valence-electron chi connectivity index (χ0n) is 80.4. The lowest BCUT2D eigenvalue weighted by Gasteiger charge is -2.46. The maximum absolute atomic E-state index is 10.1. The average Bonchev–Trinajstić information content (AvgIpc) is 1.05. The van der Waals surface area contributed by atoms with Gasteiger partial charge in [-0.25, -0.2) is 0 Å². The van der Waals surface area contributed by atoms with Gasteiger partial charge >= 0.3 is 0 Å². The van der Waals surface area contributed by atoms with Crippen LogP contribution in [0.25, 0.3) is 155 Å². The van der Waals surface area contributed by atoms with Crippen LogP contribution >= 0.6 is 0 Å². The summed E-state index contributed by atoms with van der Waals surface area (Å²) >= 11 is 0. The Balaban J connectivity index is 0.968. The molecule has 6 heteroatoms. The van der Waals surface area contributed by atoms with Crippen LogP contribution in [0.15, 0.2) is 386 Å². The molecule has 2 aliphatic rings. The van der Waals surface area contributed by atoms with Crippen molar-refractivity contribution in [3.05, 3.63) is 393 Å². The van der Waals surface area contributed by atoms with E-state index in [2.05, 4.69) is 203 Å². The van der Waals surface area contributed by atoms with Gasteiger partial charge in [-0.3, -0.25) is 0 Å². The fourth-order valence-electron chi connectivity index (χ4n) is 17.8. The fraction of sp³-hybridized carbons (Fsp3) is 0.0727. The Labute approximate surface area is 699 Å². The molecule has 0 amide bonds. The molecule has 0 saturated carbocycles. The maximum Gasteiger partial charge on any atom is 0.252 e. The summed E-state index contributed by atoms with van der Waals surface area (Å²) in [6.07, 6.45) is 0. The van der Waals surface area contributed by atoms with Crippen LogP contribution in [-0.4, -0.2) is 15.8 Å². The van der Waals surface area contributed by atoms with Gasteiger partial charge < -0.3 is 23.4 Å². The molecule has 116 heavy (non-hydrogen) atoms. The standard InChI is InChI=1S/C110H81BN4O/c1-109(2,3)80-64-89(74-33-15-9-16-34-74)107(90(65-80)75-35-17-10-18-36-75)114-100-68-82(112-96-42-24-19-37-84(96)85-38-20-25-43-97(85)112)56-58-94(100)111-95-59-57-83(113-98-44-26-21-39-86(98)87-40-22-27-45-99(87)113)69-101(95)115(103-63-79(62-102(114)106(103)111)78-55-60-105-93(61-78)88-41-23-28-46-104(88)116-105)108-91(76-51-47-72(48-52-76)70-29-11-7-12-30-70)66-81(110(4,5)6)67-92(108)77-53-49-73(50-54-77)71-31-13-8-14-32-71/h7-69H,1-6H3/i19D,20D,21D,22D,24D,25D,26D,27D,37D,38D,39D,40D,42D,43D,44D,45D. The Bertz CT molecular complexity index is 8040. The summed E-state index contributed by atoms with van der Waals surface area (Å²) in [4.78, 5) is 4.69. The SMILES string of the molecule is [2H]c1c([2H])c([2H])c2c(c1[2H])c1c([2H])c([2H])c([2H])c([2H])c1n2-c1ccc2c(c1)N(c1c(-c3ccccc3)cc(C(C)(C)C)cc1-c1ccccc1)c1cc(-c3ccc4oc5ccccc5c4c3)cc3c1B2c1ccc(-n2c4c([2H])c([2H])c([2H])c([2H])c4c4c([2H])c([2H])c([2H])c([2H])c42)cc1N3c1c(-c2ccc(-c3ccccc3)cc2)cc(C(C)(C)C)cc1-c1ccc(-c2ccccc2)cc1. The molecule has 0 unspecified atom stereocenters. The molecule has 0 radical (unpaired) electrons. The van der Waals surface area contributed by atoms with Gasteiger partial charge in [-0.05, 0) is 197 Å². The van der Waals surface area contributed by atoms with Gasteiger partial charge in [0, 0.05) is 88.7 Å². The molecule has 0 fully saturated rings. The van der Waals surface area contributed by atoms with Gasteiger partial charge in [0.1, 0.15) is 11.2 Å². The number of furan rings is 1. The van der Waals surface area contributed by atoms with Crippen LogP contribution in [-0.2, 0) is 10.8 Å². The third-order valence-corrected chi connectivity index (χ3v) is 23.5. The van der Waals surface area contributed by atoms with Crippen LogP contribution in [0.1, 0.15) is 74.6 Å². The molecule has 5 nitrogen and oxygen atoms in total. The smallest absolute Gasteiger partial charge is 0.252 e. The van der Waals surface area contributed by atoms with E-state index in [0.29, 0.717) is 44.8 Å². The normalized spacial score (nSPS) is 14.6. The Kier molecular flexibility index (Phi) is 12.4. The third-order valence-electron chi connectivity index (χ3n) is 23.5. The van der Waals surface area contributed by atoms with E-state index in [1.54, 1.807) is 9.13 Å². The Morgan fingerprint density at radius 1 is 0.267 bits per heavy atom. The zero-order valence-corrected chi connectivity index (χ0v) is 64.4. The Morgan fingerprint density at radius 2 is 0.595 bits per heavy atom. The molecule has 0 atom stereocenters. The van der Waals surface area contributed by atoms with Gasteiger partial charge in [-0.15, -0.1) is 0 Å². The van der Waals surface area contributed by atoms with Crippen molar-refractivity contribution in [3.63, 3.8) is 0 Å². The summed E-state index contributed by atoms with van der Waals surface area (Å²) in [5, 5.41) is 1.39. The Hall–Kier alpha value is -14.2. The molecule has 20 aromatic rings. The minimum Gasteiger partial charge on any atom is -0.456 e. The quantitative estimate of drug-likeness (QED) is 0.121. The number of nitrogens with zero attached hydrogens (tertiary/aromatic N) is 4. The minimum absolute atomic E-state index is 0.0682. The highest BCUT2D eigenvalue weighted by molar-refractivity contribution is 7.00. The van der Waals surface area contributed by atoms with Crippen LogP contribution < -0.4 is 26.2 Å². The number of benzene rings is 17. The lowest BCUT2D eigenvalue weighted by Crippen LogP contribution is -2.61. The molecular formula is C110H81BN4O. The van der Waals surface area contributed by atoms with E-state index in [0.717, 1.165) is 117 Å². The molecule has 3 aromatic heterocycles. The van der Waals surface area contributed by atoms with E-state index >= 15 is 0 Å². The summed E-state index contributed by atoms with van der Waals surface area (Å²) in [6.45, 7) is 12.4. The Morgan fingerprint density at radius 3 is 0.991 bits per heavy atom. The van der Waals surface area contributed by atoms with E-state index in [4.69, 9.17) is 4.42 Å². The maximum atomic E-state index is 10.1.